The fourth-order valence-corrected chi connectivity index (χ4v) is 12.1. The summed E-state index contributed by atoms with van der Waals surface area (Å²) in [5.41, 5.74) is 20.9. The van der Waals surface area contributed by atoms with E-state index in [2.05, 4.69) is 213 Å². The van der Waals surface area contributed by atoms with Gasteiger partial charge in [-0.15, -0.1) is 0 Å². The van der Waals surface area contributed by atoms with Gasteiger partial charge in [0.2, 0.25) is 0 Å². The summed E-state index contributed by atoms with van der Waals surface area (Å²) in [6.07, 6.45) is 2.33. The SMILES string of the molecule is CC1(C)CCC(C)(C)c2cc(N3B4c5c(cc6c(oc7ccccc76)c5-n5c6ccc(-c7ccccc7)cc6c6cc(-c7ccccc7)cc4c65)-c4c3ccc3ccccc43)ccc21. The molecule has 0 fully saturated rings. The summed E-state index contributed by atoms with van der Waals surface area (Å²) in [5.74, 6) is 0. The molecule has 0 radical (unpaired) electrons. The van der Waals surface area contributed by atoms with Gasteiger partial charge in [-0.05, 0) is 133 Å². The third-order valence-electron chi connectivity index (χ3n) is 15.4. The van der Waals surface area contributed by atoms with Crippen molar-refractivity contribution in [1.82, 2.24) is 4.57 Å². The van der Waals surface area contributed by atoms with Crippen LogP contribution in [0.2, 0.25) is 0 Å². The number of rotatable bonds is 3. The molecule has 2 aromatic heterocycles. The number of fused-ring (bicyclic) bond motifs is 14. The standard InChI is InChI=1S/C60H45BN2O/c1-59(2)29-30-60(3,4)49-34-41(25-26-48(49)59)63-52-28-23-38-19-11-12-20-42(38)54(52)47-35-46-43-21-13-14-22-53(43)64-58(46)57-55(47)61(63)50-33-40(37-17-9-6-10-18-37)32-45-44-31-39(36-15-7-5-8-16-36)24-27-51(44)62(57)56(45)50/h5-28,31-35H,29-30H2,1-4H3. The van der Waals surface area contributed by atoms with Crippen molar-refractivity contribution >= 4 is 83.7 Å². The highest BCUT2D eigenvalue weighted by molar-refractivity contribution is 6.94. The van der Waals surface area contributed by atoms with Gasteiger partial charge >= 0.3 is 6.85 Å². The molecule has 0 amide bonds. The molecule has 64 heavy (non-hydrogen) atoms. The smallest absolute Gasteiger partial charge is 0.333 e. The van der Waals surface area contributed by atoms with Crippen molar-refractivity contribution in [3.63, 3.8) is 0 Å². The second-order valence-corrected chi connectivity index (χ2v) is 19.9. The van der Waals surface area contributed by atoms with Crippen molar-refractivity contribution < 1.29 is 4.42 Å². The first-order valence-corrected chi connectivity index (χ1v) is 22.9. The van der Waals surface area contributed by atoms with Gasteiger partial charge in [0.15, 0.2) is 5.58 Å². The number of benzene rings is 9. The Balaban J connectivity index is 1.19. The fraction of sp³-hybridized carbons (Fsp3) is 0.133. The summed E-state index contributed by atoms with van der Waals surface area (Å²) < 4.78 is 9.75. The van der Waals surface area contributed by atoms with Crippen LogP contribution in [0.5, 0.6) is 0 Å². The first-order valence-electron chi connectivity index (χ1n) is 22.9. The fourth-order valence-electron chi connectivity index (χ4n) is 12.1. The molecule has 4 heterocycles. The van der Waals surface area contributed by atoms with Crippen LogP contribution in [0.25, 0.3) is 93.6 Å². The molecule has 1 aliphatic carbocycles. The van der Waals surface area contributed by atoms with E-state index in [1.165, 1.54) is 106 Å². The molecule has 0 saturated heterocycles. The van der Waals surface area contributed by atoms with Gasteiger partial charge < -0.3 is 13.8 Å². The number of nitrogens with zero attached hydrogens (tertiary/aromatic N) is 2. The van der Waals surface area contributed by atoms with Gasteiger partial charge in [0.05, 0.1) is 16.7 Å². The zero-order valence-corrected chi connectivity index (χ0v) is 36.5. The molecule has 4 heteroatoms. The van der Waals surface area contributed by atoms with Crippen molar-refractivity contribution in [2.45, 2.75) is 51.4 Å². The van der Waals surface area contributed by atoms with Crippen molar-refractivity contribution in [2.24, 2.45) is 0 Å². The lowest BCUT2D eigenvalue weighted by Crippen LogP contribution is -2.60. The van der Waals surface area contributed by atoms with Crippen molar-refractivity contribution in [3.8, 4) is 39.1 Å². The summed E-state index contributed by atoms with van der Waals surface area (Å²) in [7, 11) is 0. The predicted molar refractivity (Wildman–Crippen MR) is 271 cm³/mol. The van der Waals surface area contributed by atoms with Crippen LogP contribution >= 0.6 is 0 Å². The number of para-hydroxylation sites is 1. The minimum Gasteiger partial charge on any atom is -0.454 e. The first kappa shape index (κ1) is 36.2. The molecule has 0 spiro atoms. The van der Waals surface area contributed by atoms with Crippen LogP contribution in [-0.4, -0.2) is 11.4 Å². The molecule has 0 bridgehead atoms. The Hall–Kier alpha value is -7.30. The summed E-state index contributed by atoms with van der Waals surface area (Å²) in [6, 6.07) is 66.1. The molecule has 14 rings (SSSR count). The highest BCUT2D eigenvalue weighted by Gasteiger charge is 2.47. The van der Waals surface area contributed by atoms with E-state index in [-0.39, 0.29) is 17.7 Å². The molecule has 3 nitrogen and oxygen atoms in total. The van der Waals surface area contributed by atoms with Gasteiger partial charge in [0.25, 0.3) is 0 Å². The van der Waals surface area contributed by atoms with Crippen LogP contribution in [0.15, 0.2) is 180 Å². The minimum absolute atomic E-state index is 0.0440. The van der Waals surface area contributed by atoms with Gasteiger partial charge in [-0.2, -0.15) is 0 Å². The highest BCUT2D eigenvalue weighted by atomic mass is 16.3. The van der Waals surface area contributed by atoms with Crippen LogP contribution in [0.3, 0.4) is 0 Å². The van der Waals surface area contributed by atoms with Crippen LogP contribution < -0.4 is 15.7 Å². The van der Waals surface area contributed by atoms with E-state index in [1.54, 1.807) is 0 Å². The van der Waals surface area contributed by atoms with E-state index in [0.717, 1.165) is 34.0 Å². The van der Waals surface area contributed by atoms with Crippen LogP contribution in [0.1, 0.15) is 51.7 Å². The quantitative estimate of drug-likeness (QED) is 0.166. The monoisotopic (exact) mass is 820 g/mol. The molecular weight excluding hydrogens is 775 g/mol. The van der Waals surface area contributed by atoms with E-state index in [1.807, 2.05) is 0 Å². The summed E-state index contributed by atoms with van der Waals surface area (Å²) in [6.45, 7) is 9.59. The van der Waals surface area contributed by atoms with Gasteiger partial charge in [-0.3, -0.25) is 0 Å². The Morgan fingerprint density at radius 2 is 1.20 bits per heavy atom. The van der Waals surface area contributed by atoms with Crippen LogP contribution in [0.4, 0.5) is 11.4 Å². The first-order chi connectivity index (χ1) is 31.2. The lowest BCUT2D eigenvalue weighted by molar-refractivity contribution is 0.332. The second kappa shape index (κ2) is 12.7. The topological polar surface area (TPSA) is 21.3 Å². The average Bonchev–Trinajstić information content (AvgIpc) is 3.87. The Labute approximate surface area is 373 Å². The number of hydrogen-bond acceptors (Lipinski definition) is 2. The van der Waals surface area contributed by atoms with Crippen molar-refractivity contribution in [3.05, 3.63) is 187 Å². The zero-order valence-electron chi connectivity index (χ0n) is 36.5. The molecule has 2 aliphatic heterocycles. The predicted octanol–water partition coefficient (Wildman–Crippen LogP) is 14.8. The Morgan fingerprint density at radius 1 is 0.516 bits per heavy atom. The average molecular weight is 821 g/mol. The van der Waals surface area contributed by atoms with E-state index in [9.17, 15) is 0 Å². The van der Waals surface area contributed by atoms with E-state index >= 15 is 0 Å². The summed E-state index contributed by atoms with van der Waals surface area (Å²) in [5, 5.41) is 7.28. The molecule has 0 saturated carbocycles. The van der Waals surface area contributed by atoms with Crippen molar-refractivity contribution in [1.29, 1.82) is 0 Å². The minimum atomic E-state index is -0.161. The van der Waals surface area contributed by atoms with Gasteiger partial charge in [0.1, 0.15) is 5.58 Å². The van der Waals surface area contributed by atoms with E-state index in [4.69, 9.17) is 4.42 Å². The largest absolute Gasteiger partial charge is 0.454 e. The molecule has 11 aromatic rings. The number of hydrogen-bond donors (Lipinski definition) is 0. The summed E-state index contributed by atoms with van der Waals surface area (Å²) in [4.78, 5) is 2.71. The third-order valence-corrected chi connectivity index (χ3v) is 15.4. The molecule has 304 valence electrons. The normalized spacial score (nSPS) is 15.6. The maximum Gasteiger partial charge on any atom is 0.333 e. The molecule has 0 unspecified atom stereocenters. The van der Waals surface area contributed by atoms with Crippen LogP contribution in [0, 0.1) is 0 Å². The van der Waals surface area contributed by atoms with Crippen LogP contribution in [-0.2, 0) is 10.8 Å². The highest BCUT2D eigenvalue weighted by Crippen LogP contribution is 2.52. The van der Waals surface area contributed by atoms with E-state index in [0.29, 0.717) is 0 Å². The lowest BCUT2D eigenvalue weighted by atomic mass is 9.43. The Morgan fingerprint density at radius 3 is 2.00 bits per heavy atom. The van der Waals surface area contributed by atoms with E-state index < -0.39 is 0 Å². The van der Waals surface area contributed by atoms with Crippen molar-refractivity contribution in [2.75, 3.05) is 4.81 Å². The second-order valence-electron chi connectivity index (χ2n) is 19.9. The zero-order chi connectivity index (χ0) is 42.6. The molecule has 9 aromatic carbocycles. The molecular formula is C60H45BN2O. The van der Waals surface area contributed by atoms with Gasteiger partial charge in [-0.1, -0.05) is 155 Å². The molecule has 0 atom stereocenters. The number of aromatic nitrogens is 1. The third kappa shape index (κ3) is 4.83. The Kier molecular flexibility index (Phi) is 7.17. The molecule has 0 N–H and O–H groups in total. The number of furan rings is 1. The van der Waals surface area contributed by atoms with Gasteiger partial charge in [-0.25, -0.2) is 0 Å². The lowest BCUT2D eigenvalue weighted by Gasteiger charge is -2.45. The maximum atomic E-state index is 7.17. The van der Waals surface area contributed by atoms with Gasteiger partial charge in [0, 0.05) is 38.5 Å². The number of anilines is 2. The Bertz CT molecular complexity index is 3800. The molecule has 3 aliphatic rings. The summed E-state index contributed by atoms with van der Waals surface area (Å²) >= 11 is 0. The maximum absolute atomic E-state index is 7.17.